The predicted octanol–water partition coefficient (Wildman–Crippen LogP) is 1.66. The molecule has 52 valence electrons. The fourth-order valence-electron chi connectivity index (χ4n) is 0.384. The van der Waals surface area contributed by atoms with Gasteiger partial charge in [0.15, 0.2) is 0 Å². The average Bonchev–Trinajstić information content (AvgIpc) is 1.84. The molecule has 0 amide bonds. The zero-order valence-electron chi connectivity index (χ0n) is 5.90. The van der Waals surface area contributed by atoms with E-state index in [1.165, 1.54) is 0 Å². The second kappa shape index (κ2) is 3.67. The monoisotopic (exact) mass is 190 g/mol. The van der Waals surface area contributed by atoms with Crippen LogP contribution in [0.15, 0.2) is 15.2 Å². The number of hydrogen-bond donors (Lipinski definition) is 1. The molecule has 0 aliphatic carbocycles. The van der Waals surface area contributed by atoms with Gasteiger partial charge in [0.25, 0.3) is 0 Å². The zero-order valence-corrected chi connectivity index (χ0v) is 7.49. The Labute approximate surface area is 64.0 Å². The molecule has 0 rings (SSSR count). The highest BCUT2D eigenvalue weighted by molar-refractivity contribution is 9.12. The van der Waals surface area contributed by atoms with Gasteiger partial charge < -0.3 is 5.73 Å². The van der Waals surface area contributed by atoms with Crippen LogP contribution in [0.5, 0.6) is 0 Å². The average molecular weight is 191 g/mol. The highest BCUT2D eigenvalue weighted by Crippen LogP contribution is 2.09. The van der Waals surface area contributed by atoms with Gasteiger partial charge in [-0.15, -0.1) is 0 Å². The van der Waals surface area contributed by atoms with Crippen LogP contribution in [-0.2, 0) is 0 Å². The van der Waals surface area contributed by atoms with E-state index >= 15 is 0 Å². The highest BCUT2D eigenvalue weighted by atomic mass is 79.9. The number of nitrogens with zero attached hydrogens (tertiary/aromatic N) is 1. The molecule has 0 saturated carbocycles. The van der Waals surface area contributed by atoms with Gasteiger partial charge in [-0.2, -0.15) is 0 Å². The summed E-state index contributed by atoms with van der Waals surface area (Å²) in [4.78, 5) is 3.94. The van der Waals surface area contributed by atoms with Gasteiger partial charge in [0.1, 0.15) is 0 Å². The summed E-state index contributed by atoms with van der Waals surface area (Å²) in [6.07, 6.45) is 0. The van der Waals surface area contributed by atoms with Crippen molar-refractivity contribution in [3.05, 3.63) is 10.2 Å². The first-order valence-electron chi connectivity index (χ1n) is 2.65. The highest BCUT2D eigenvalue weighted by Gasteiger charge is 1.96. The van der Waals surface area contributed by atoms with Gasteiger partial charge in [-0.25, -0.2) is 0 Å². The Kier molecular flexibility index (Phi) is 3.54. The lowest BCUT2D eigenvalue weighted by molar-refractivity contribution is 1.30. The molecule has 0 radical (unpaired) electrons. The molecule has 3 heteroatoms. The van der Waals surface area contributed by atoms with Crippen molar-refractivity contribution in [2.24, 2.45) is 10.7 Å². The molecule has 0 fully saturated rings. The normalized spacial score (nSPS) is 15.3. The lowest BCUT2D eigenvalue weighted by Crippen LogP contribution is -2.00. The van der Waals surface area contributed by atoms with Crippen LogP contribution in [0.1, 0.15) is 13.8 Å². The Morgan fingerprint density at radius 3 is 2.00 bits per heavy atom. The summed E-state index contributed by atoms with van der Waals surface area (Å²) in [5, 5.41) is 0. The van der Waals surface area contributed by atoms with E-state index in [9.17, 15) is 0 Å². The Bertz CT molecular complexity index is 154. The standard InChI is InChI=1S/C6H11BrN2/c1-4(8)6(7)5(2)9-3/h8H2,1-3H3/b6-4+,9-5?. The van der Waals surface area contributed by atoms with Crippen LogP contribution in [0.4, 0.5) is 0 Å². The lowest BCUT2D eigenvalue weighted by Gasteiger charge is -1.97. The molecular weight excluding hydrogens is 180 g/mol. The second-order valence-electron chi connectivity index (χ2n) is 1.81. The van der Waals surface area contributed by atoms with Crippen LogP contribution in [0.25, 0.3) is 0 Å². The van der Waals surface area contributed by atoms with Crippen molar-refractivity contribution in [1.82, 2.24) is 0 Å². The van der Waals surface area contributed by atoms with Crippen LogP contribution in [0.3, 0.4) is 0 Å². The number of halogens is 1. The Hall–Kier alpha value is -0.310. The summed E-state index contributed by atoms with van der Waals surface area (Å²) in [6, 6.07) is 0. The molecule has 2 N–H and O–H groups in total. The first kappa shape index (κ1) is 8.69. The van der Waals surface area contributed by atoms with E-state index in [4.69, 9.17) is 5.73 Å². The van der Waals surface area contributed by atoms with Crippen molar-refractivity contribution in [2.45, 2.75) is 13.8 Å². The second-order valence-corrected chi connectivity index (χ2v) is 2.60. The number of hydrogen-bond acceptors (Lipinski definition) is 2. The largest absolute Gasteiger partial charge is 0.401 e. The molecule has 0 aliphatic rings. The third kappa shape index (κ3) is 2.65. The van der Waals surface area contributed by atoms with Crippen molar-refractivity contribution < 1.29 is 0 Å². The van der Waals surface area contributed by atoms with Gasteiger partial charge in [0.2, 0.25) is 0 Å². The van der Waals surface area contributed by atoms with Crippen LogP contribution in [0, 0.1) is 0 Å². The van der Waals surface area contributed by atoms with Gasteiger partial charge in [-0.1, -0.05) is 0 Å². The molecule has 9 heavy (non-hydrogen) atoms. The van der Waals surface area contributed by atoms with E-state index in [1.807, 2.05) is 13.8 Å². The van der Waals surface area contributed by atoms with Crippen molar-refractivity contribution in [2.75, 3.05) is 7.05 Å². The first-order chi connectivity index (χ1) is 4.09. The van der Waals surface area contributed by atoms with Crippen LogP contribution in [0.2, 0.25) is 0 Å². The van der Waals surface area contributed by atoms with Gasteiger partial charge >= 0.3 is 0 Å². The third-order valence-electron chi connectivity index (χ3n) is 0.999. The summed E-state index contributed by atoms with van der Waals surface area (Å²) in [5.41, 5.74) is 7.15. The van der Waals surface area contributed by atoms with Crippen molar-refractivity contribution in [3.8, 4) is 0 Å². The van der Waals surface area contributed by atoms with E-state index in [0.717, 1.165) is 15.9 Å². The van der Waals surface area contributed by atoms with Crippen LogP contribution in [-0.4, -0.2) is 12.8 Å². The Morgan fingerprint density at radius 1 is 1.44 bits per heavy atom. The number of nitrogens with two attached hydrogens (primary N) is 1. The Balaban J connectivity index is 4.40. The third-order valence-corrected chi connectivity index (χ3v) is 2.20. The van der Waals surface area contributed by atoms with Crippen molar-refractivity contribution >= 4 is 21.6 Å². The Morgan fingerprint density at radius 2 is 1.89 bits per heavy atom. The number of allylic oxidation sites excluding steroid dienone is 2. The molecule has 0 heterocycles. The van der Waals surface area contributed by atoms with E-state index in [2.05, 4.69) is 20.9 Å². The minimum absolute atomic E-state index is 0.762. The van der Waals surface area contributed by atoms with Gasteiger partial charge in [0.05, 0.1) is 4.48 Å². The predicted molar refractivity (Wildman–Crippen MR) is 44.8 cm³/mol. The van der Waals surface area contributed by atoms with Gasteiger partial charge in [-0.05, 0) is 29.8 Å². The molecule has 2 nitrogen and oxygen atoms in total. The fraction of sp³-hybridized carbons (Fsp3) is 0.500. The summed E-state index contributed by atoms with van der Waals surface area (Å²) >= 11 is 3.29. The van der Waals surface area contributed by atoms with Crippen molar-refractivity contribution in [1.29, 1.82) is 0 Å². The summed E-state index contributed by atoms with van der Waals surface area (Å²) in [6.45, 7) is 3.74. The summed E-state index contributed by atoms with van der Waals surface area (Å²) in [5.74, 6) is 0. The van der Waals surface area contributed by atoms with Gasteiger partial charge in [0, 0.05) is 18.5 Å². The molecule has 0 spiro atoms. The molecule has 0 aromatic carbocycles. The van der Waals surface area contributed by atoms with E-state index in [1.54, 1.807) is 7.05 Å². The van der Waals surface area contributed by atoms with Crippen LogP contribution >= 0.6 is 15.9 Å². The smallest absolute Gasteiger partial charge is 0.0567 e. The van der Waals surface area contributed by atoms with E-state index in [-0.39, 0.29) is 0 Å². The summed E-state index contributed by atoms with van der Waals surface area (Å²) in [7, 11) is 1.74. The molecule has 0 saturated heterocycles. The first-order valence-corrected chi connectivity index (χ1v) is 3.44. The zero-order chi connectivity index (χ0) is 7.44. The number of rotatable bonds is 1. The van der Waals surface area contributed by atoms with Gasteiger partial charge in [-0.3, -0.25) is 4.99 Å². The van der Waals surface area contributed by atoms with Crippen molar-refractivity contribution in [3.63, 3.8) is 0 Å². The van der Waals surface area contributed by atoms with E-state index < -0.39 is 0 Å². The molecule has 0 bridgehead atoms. The SMILES string of the molecule is CN=C(C)/C(Br)=C(/C)N. The maximum atomic E-state index is 5.46. The fourth-order valence-corrected chi connectivity index (χ4v) is 0.561. The maximum absolute atomic E-state index is 5.46. The molecule has 0 aromatic rings. The lowest BCUT2D eigenvalue weighted by atomic mass is 10.3. The molecule has 0 atom stereocenters. The molecular formula is C6H11BrN2. The van der Waals surface area contributed by atoms with E-state index in [0.29, 0.717) is 0 Å². The van der Waals surface area contributed by atoms with Crippen LogP contribution < -0.4 is 5.73 Å². The number of aliphatic imine (C=N–C) groups is 1. The minimum Gasteiger partial charge on any atom is -0.401 e. The molecule has 0 aromatic heterocycles. The minimum atomic E-state index is 0.762. The molecule has 0 unspecified atom stereocenters. The molecule has 0 aliphatic heterocycles. The topological polar surface area (TPSA) is 38.4 Å². The quantitative estimate of drug-likeness (QED) is 0.629. The maximum Gasteiger partial charge on any atom is 0.0567 e. The summed E-state index contributed by atoms with van der Waals surface area (Å²) < 4.78 is 0.894.